The molecule has 0 amide bonds. The van der Waals surface area contributed by atoms with Crippen LogP contribution in [-0.4, -0.2) is 0 Å². The van der Waals surface area contributed by atoms with Crippen molar-refractivity contribution < 1.29 is 13.5 Å². The number of hydrogen-bond acceptors (Lipinski definition) is 1. The third-order valence-electron chi connectivity index (χ3n) is 2.46. The van der Waals surface area contributed by atoms with Crippen molar-refractivity contribution in [2.45, 2.75) is 12.5 Å². The molecule has 2 aromatic rings. The lowest BCUT2D eigenvalue weighted by molar-refractivity contribution is 0.304. The third-order valence-corrected chi connectivity index (χ3v) is 2.75. The molecule has 0 aliphatic heterocycles. The molecule has 0 spiro atoms. The van der Waals surface area contributed by atoms with Gasteiger partial charge in [0.2, 0.25) is 0 Å². The highest BCUT2D eigenvalue weighted by atomic mass is 35.5. The van der Waals surface area contributed by atoms with Gasteiger partial charge in [0.05, 0.1) is 5.88 Å². The Morgan fingerprint density at radius 3 is 2.56 bits per heavy atom. The summed E-state index contributed by atoms with van der Waals surface area (Å²) < 4.78 is 31.7. The minimum absolute atomic E-state index is 0.121. The summed E-state index contributed by atoms with van der Waals surface area (Å²) >= 11 is 5.55. The monoisotopic (exact) mass is 268 g/mol. The van der Waals surface area contributed by atoms with Crippen LogP contribution in [0.5, 0.6) is 5.75 Å². The molecule has 4 heteroatoms. The van der Waals surface area contributed by atoms with Crippen molar-refractivity contribution in [1.82, 2.24) is 0 Å². The molecule has 0 atom stereocenters. The van der Waals surface area contributed by atoms with Gasteiger partial charge in [-0.25, -0.2) is 8.78 Å². The molecule has 0 heterocycles. The summed E-state index contributed by atoms with van der Waals surface area (Å²) in [4.78, 5) is 0. The first-order valence-corrected chi connectivity index (χ1v) is 5.94. The normalized spacial score (nSPS) is 10.4. The molecule has 18 heavy (non-hydrogen) atoms. The first kappa shape index (κ1) is 12.8. The van der Waals surface area contributed by atoms with Crippen molar-refractivity contribution in [3.8, 4) is 5.75 Å². The second-order valence-electron chi connectivity index (χ2n) is 3.81. The molecule has 0 radical (unpaired) electrons. The van der Waals surface area contributed by atoms with Crippen LogP contribution in [0, 0.1) is 11.6 Å². The lowest BCUT2D eigenvalue weighted by atomic mass is 10.2. The van der Waals surface area contributed by atoms with Crippen molar-refractivity contribution in [2.75, 3.05) is 0 Å². The standard InChI is InChI=1S/C14H11ClF2O/c15-8-11-4-5-13(7-14(11)17)18-9-10-2-1-3-12(16)6-10/h1-7H,8-9H2. The smallest absolute Gasteiger partial charge is 0.131 e. The topological polar surface area (TPSA) is 9.23 Å². The molecule has 0 fully saturated rings. The molecule has 0 saturated carbocycles. The van der Waals surface area contributed by atoms with Gasteiger partial charge in [0.15, 0.2) is 0 Å². The fourth-order valence-corrected chi connectivity index (χ4v) is 1.74. The highest BCUT2D eigenvalue weighted by molar-refractivity contribution is 6.17. The van der Waals surface area contributed by atoms with Gasteiger partial charge in [-0.1, -0.05) is 18.2 Å². The van der Waals surface area contributed by atoms with E-state index in [9.17, 15) is 8.78 Å². The Hall–Kier alpha value is -1.61. The molecule has 2 rings (SSSR count). The first-order valence-electron chi connectivity index (χ1n) is 5.40. The predicted octanol–water partition coefficient (Wildman–Crippen LogP) is 4.28. The number of alkyl halides is 1. The number of rotatable bonds is 4. The fourth-order valence-electron chi connectivity index (χ4n) is 1.52. The van der Waals surface area contributed by atoms with Crippen LogP contribution in [-0.2, 0) is 12.5 Å². The molecule has 2 aromatic carbocycles. The molecule has 1 nitrogen and oxygen atoms in total. The van der Waals surface area contributed by atoms with E-state index in [1.54, 1.807) is 24.3 Å². The highest BCUT2D eigenvalue weighted by Crippen LogP contribution is 2.19. The van der Waals surface area contributed by atoms with E-state index in [1.165, 1.54) is 18.2 Å². The van der Waals surface area contributed by atoms with Gasteiger partial charge < -0.3 is 4.74 Å². The van der Waals surface area contributed by atoms with Crippen LogP contribution in [0.3, 0.4) is 0 Å². The molecule has 94 valence electrons. The molecule has 0 bridgehead atoms. The number of hydrogen-bond donors (Lipinski definition) is 0. The van der Waals surface area contributed by atoms with Crippen molar-refractivity contribution >= 4 is 11.6 Å². The van der Waals surface area contributed by atoms with Gasteiger partial charge >= 0.3 is 0 Å². The minimum Gasteiger partial charge on any atom is -0.489 e. The van der Waals surface area contributed by atoms with E-state index in [0.29, 0.717) is 16.9 Å². The molecule has 0 aliphatic rings. The molecular formula is C14H11ClF2O. The van der Waals surface area contributed by atoms with Crippen LogP contribution in [0.15, 0.2) is 42.5 Å². The highest BCUT2D eigenvalue weighted by Gasteiger charge is 2.03. The first-order chi connectivity index (χ1) is 8.69. The van der Waals surface area contributed by atoms with E-state index >= 15 is 0 Å². The quantitative estimate of drug-likeness (QED) is 0.752. The second kappa shape index (κ2) is 5.83. The number of halogens is 3. The van der Waals surface area contributed by atoms with E-state index in [1.807, 2.05) is 0 Å². The Bertz CT molecular complexity index is 543. The van der Waals surface area contributed by atoms with Crippen LogP contribution in [0.2, 0.25) is 0 Å². The minimum atomic E-state index is -0.401. The second-order valence-corrected chi connectivity index (χ2v) is 4.07. The maximum absolute atomic E-state index is 13.4. The summed E-state index contributed by atoms with van der Waals surface area (Å²) in [5.41, 5.74) is 1.12. The largest absolute Gasteiger partial charge is 0.489 e. The van der Waals surface area contributed by atoms with Gasteiger partial charge in [-0.2, -0.15) is 0 Å². The lowest BCUT2D eigenvalue weighted by Crippen LogP contribution is -1.97. The van der Waals surface area contributed by atoms with Gasteiger partial charge in [0, 0.05) is 11.6 Å². The van der Waals surface area contributed by atoms with E-state index in [-0.39, 0.29) is 18.3 Å². The van der Waals surface area contributed by atoms with Gasteiger partial charge in [0.1, 0.15) is 24.0 Å². The Kier molecular flexibility index (Phi) is 4.15. The summed E-state index contributed by atoms with van der Waals surface area (Å²) in [7, 11) is 0. The molecule has 0 N–H and O–H groups in total. The van der Waals surface area contributed by atoms with E-state index in [0.717, 1.165) is 0 Å². The SMILES string of the molecule is Fc1cccc(COc2ccc(CCl)c(F)c2)c1. The van der Waals surface area contributed by atoms with Crippen LogP contribution in [0.25, 0.3) is 0 Å². The van der Waals surface area contributed by atoms with E-state index in [4.69, 9.17) is 16.3 Å². The Labute approximate surface area is 109 Å². The summed E-state index contributed by atoms with van der Waals surface area (Å²) in [5.74, 6) is -0.206. The predicted molar refractivity (Wildman–Crippen MR) is 66.7 cm³/mol. The maximum atomic E-state index is 13.4. The average Bonchev–Trinajstić information content (AvgIpc) is 2.37. The molecule has 0 aliphatic carbocycles. The molecule has 0 saturated heterocycles. The molecular weight excluding hydrogens is 258 g/mol. The summed E-state index contributed by atoms with van der Waals surface area (Å²) in [6.45, 7) is 0.192. The van der Waals surface area contributed by atoms with Gasteiger partial charge in [-0.15, -0.1) is 11.6 Å². The van der Waals surface area contributed by atoms with Crippen LogP contribution >= 0.6 is 11.6 Å². The van der Waals surface area contributed by atoms with Crippen LogP contribution in [0.4, 0.5) is 8.78 Å². The van der Waals surface area contributed by atoms with Crippen molar-refractivity contribution in [2.24, 2.45) is 0 Å². The van der Waals surface area contributed by atoms with Gasteiger partial charge in [-0.05, 0) is 23.8 Å². The Morgan fingerprint density at radius 1 is 1.06 bits per heavy atom. The number of benzene rings is 2. The number of ether oxygens (including phenoxy) is 1. The fraction of sp³-hybridized carbons (Fsp3) is 0.143. The van der Waals surface area contributed by atoms with Crippen LogP contribution in [0.1, 0.15) is 11.1 Å². The average molecular weight is 269 g/mol. The van der Waals surface area contributed by atoms with Crippen molar-refractivity contribution in [1.29, 1.82) is 0 Å². The van der Waals surface area contributed by atoms with Gasteiger partial charge in [-0.3, -0.25) is 0 Å². The molecule has 0 unspecified atom stereocenters. The zero-order chi connectivity index (χ0) is 13.0. The third kappa shape index (κ3) is 3.20. The van der Waals surface area contributed by atoms with Gasteiger partial charge in [0.25, 0.3) is 0 Å². The van der Waals surface area contributed by atoms with E-state index in [2.05, 4.69) is 0 Å². The van der Waals surface area contributed by atoms with Crippen molar-refractivity contribution in [3.05, 3.63) is 65.2 Å². The maximum Gasteiger partial charge on any atom is 0.131 e. The zero-order valence-electron chi connectivity index (χ0n) is 9.50. The lowest BCUT2D eigenvalue weighted by Gasteiger charge is -2.07. The summed E-state index contributed by atoms with van der Waals surface area (Å²) in [5, 5.41) is 0. The summed E-state index contributed by atoms with van der Waals surface area (Å²) in [6, 6.07) is 10.6. The van der Waals surface area contributed by atoms with E-state index < -0.39 is 5.82 Å². The zero-order valence-corrected chi connectivity index (χ0v) is 10.3. The molecule has 0 aromatic heterocycles. The summed E-state index contributed by atoms with van der Waals surface area (Å²) in [6.07, 6.45) is 0. The van der Waals surface area contributed by atoms with Crippen LogP contribution < -0.4 is 4.74 Å². The Balaban J connectivity index is 2.04. The Morgan fingerprint density at radius 2 is 1.89 bits per heavy atom. The van der Waals surface area contributed by atoms with Crippen molar-refractivity contribution in [3.63, 3.8) is 0 Å².